The van der Waals surface area contributed by atoms with Gasteiger partial charge in [-0.15, -0.1) is 12.4 Å². The largest absolute Gasteiger partial charge is 0.326 e. The lowest BCUT2D eigenvalue weighted by molar-refractivity contribution is -0.114. The van der Waals surface area contributed by atoms with Gasteiger partial charge >= 0.3 is 0 Å². The fourth-order valence-corrected chi connectivity index (χ4v) is 1.49. The first-order chi connectivity index (χ1) is 7.13. The maximum absolute atomic E-state index is 10.8. The minimum atomic E-state index is -0.0550. The normalized spacial score (nSPS) is 11.4. The van der Waals surface area contributed by atoms with Gasteiger partial charge in [0.15, 0.2) is 0 Å². The molecule has 0 saturated heterocycles. The van der Waals surface area contributed by atoms with Crippen LogP contribution in [0.25, 0.3) is 0 Å². The minimum absolute atomic E-state index is 0. The summed E-state index contributed by atoms with van der Waals surface area (Å²) < 4.78 is 0. The molecule has 1 atom stereocenters. The van der Waals surface area contributed by atoms with E-state index in [1.165, 1.54) is 6.92 Å². The number of nitrogens with two attached hydrogens (primary N) is 1. The smallest absolute Gasteiger partial charge is 0.221 e. The number of anilines is 1. The second-order valence-electron chi connectivity index (χ2n) is 3.70. The molecule has 0 unspecified atom stereocenters. The van der Waals surface area contributed by atoms with Gasteiger partial charge in [0.2, 0.25) is 5.91 Å². The van der Waals surface area contributed by atoms with Crippen LogP contribution in [-0.4, -0.2) is 5.91 Å². The molecule has 90 valence electrons. The highest BCUT2D eigenvalue weighted by Crippen LogP contribution is 2.18. The molecule has 1 amide bonds. The molecular formula is C12H19ClN2O. The first-order valence-electron chi connectivity index (χ1n) is 5.26. The zero-order valence-corrected chi connectivity index (χ0v) is 10.5. The third kappa shape index (κ3) is 4.64. The first-order valence-corrected chi connectivity index (χ1v) is 5.26. The maximum Gasteiger partial charge on any atom is 0.221 e. The van der Waals surface area contributed by atoms with Crippen LogP contribution in [0, 0.1) is 0 Å². The number of hydrogen-bond acceptors (Lipinski definition) is 2. The van der Waals surface area contributed by atoms with Gasteiger partial charge in [0.05, 0.1) is 0 Å². The first kappa shape index (κ1) is 14.9. The number of amides is 1. The summed E-state index contributed by atoms with van der Waals surface area (Å²) in [5, 5.41) is 2.72. The van der Waals surface area contributed by atoms with Crippen molar-refractivity contribution in [2.24, 2.45) is 5.73 Å². The molecule has 4 heteroatoms. The Balaban J connectivity index is 0.00000225. The number of hydrogen-bond donors (Lipinski definition) is 2. The average Bonchev–Trinajstić information content (AvgIpc) is 2.18. The van der Waals surface area contributed by atoms with E-state index in [0.717, 1.165) is 24.1 Å². The van der Waals surface area contributed by atoms with Crippen molar-refractivity contribution in [2.45, 2.75) is 32.7 Å². The molecular weight excluding hydrogens is 224 g/mol. The van der Waals surface area contributed by atoms with E-state index in [1.54, 1.807) is 0 Å². The van der Waals surface area contributed by atoms with Gasteiger partial charge in [0.25, 0.3) is 0 Å². The molecule has 0 radical (unpaired) electrons. The van der Waals surface area contributed by atoms with Crippen LogP contribution in [0.1, 0.15) is 38.3 Å². The summed E-state index contributed by atoms with van der Waals surface area (Å²) in [5.74, 6) is -0.0550. The topological polar surface area (TPSA) is 55.1 Å². The molecule has 1 rings (SSSR count). The molecule has 0 aliphatic carbocycles. The predicted molar refractivity (Wildman–Crippen MR) is 69.8 cm³/mol. The molecule has 0 bridgehead atoms. The molecule has 0 saturated carbocycles. The molecule has 3 nitrogen and oxygen atoms in total. The van der Waals surface area contributed by atoms with Crippen molar-refractivity contribution in [3.05, 3.63) is 29.8 Å². The van der Waals surface area contributed by atoms with Gasteiger partial charge in [-0.2, -0.15) is 0 Å². The zero-order valence-electron chi connectivity index (χ0n) is 9.69. The van der Waals surface area contributed by atoms with E-state index in [2.05, 4.69) is 12.2 Å². The van der Waals surface area contributed by atoms with E-state index >= 15 is 0 Å². The lowest BCUT2D eigenvalue weighted by atomic mass is 10.0. The second kappa shape index (κ2) is 7.25. The summed E-state index contributed by atoms with van der Waals surface area (Å²) in [5.41, 5.74) is 7.90. The van der Waals surface area contributed by atoms with E-state index < -0.39 is 0 Å². The fraction of sp³-hybridized carbons (Fsp3) is 0.417. The standard InChI is InChI=1S/C12H18N2O.ClH/c1-3-4-12(13)10-5-7-11(8-6-10)14-9(2)15;/h5-8,12H,3-4,13H2,1-2H3,(H,14,15);1H/t12-;/m1./s1. The lowest BCUT2D eigenvalue weighted by Crippen LogP contribution is -2.10. The highest BCUT2D eigenvalue weighted by Gasteiger charge is 2.04. The summed E-state index contributed by atoms with van der Waals surface area (Å²) in [7, 11) is 0. The number of carbonyl (C=O) groups excluding carboxylic acids is 1. The van der Waals surface area contributed by atoms with E-state index in [-0.39, 0.29) is 24.4 Å². The number of nitrogens with one attached hydrogen (secondary N) is 1. The summed E-state index contributed by atoms with van der Waals surface area (Å²) in [6, 6.07) is 7.79. The van der Waals surface area contributed by atoms with Gasteiger partial charge in [-0.3, -0.25) is 4.79 Å². The average molecular weight is 243 g/mol. The molecule has 0 aromatic heterocycles. The molecule has 0 heterocycles. The molecule has 0 aliphatic rings. The lowest BCUT2D eigenvalue weighted by Gasteiger charge is -2.11. The number of carbonyl (C=O) groups is 1. The minimum Gasteiger partial charge on any atom is -0.326 e. The third-order valence-electron chi connectivity index (χ3n) is 2.26. The van der Waals surface area contributed by atoms with E-state index in [9.17, 15) is 4.79 Å². The predicted octanol–water partition coefficient (Wildman–Crippen LogP) is 2.87. The number of halogens is 1. The Morgan fingerprint density at radius 1 is 1.38 bits per heavy atom. The second-order valence-corrected chi connectivity index (χ2v) is 3.70. The molecule has 0 fully saturated rings. The molecule has 1 aromatic carbocycles. The van der Waals surface area contributed by atoms with Gasteiger partial charge in [-0.25, -0.2) is 0 Å². The van der Waals surface area contributed by atoms with Crippen molar-refractivity contribution in [1.29, 1.82) is 0 Å². The Kier molecular flexibility index (Phi) is 6.77. The van der Waals surface area contributed by atoms with Crippen LogP contribution in [0.2, 0.25) is 0 Å². The third-order valence-corrected chi connectivity index (χ3v) is 2.26. The summed E-state index contributed by atoms with van der Waals surface area (Å²) in [6.07, 6.45) is 2.06. The molecule has 0 spiro atoms. The Bertz CT molecular complexity index is 324. The van der Waals surface area contributed by atoms with Gasteiger partial charge in [-0.05, 0) is 24.1 Å². The van der Waals surface area contributed by atoms with Gasteiger partial charge in [-0.1, -0.05) is 25.5 Å². The number of benzene rings is 1. The van der Waals surface area contributed by atoms with Crippen LogP contribution < -0.4 is 11.1 Å². The maximum atomic E-state index is 10.8. The van der Waals surface area contributed by atoms with Gasteiger partial charge in [0.1, 0.15) is 0 Å². The van der Waals surface area contributed by atoms with Crippen LogP contribution in [0.5, 0.6) is 0 Å². The number of rotatable bonds is 4. The van der Waals surface area contributed by atoms with Crippen LogP contribution >= 0.6 is 12.4 Å². The van der Waals surface area contributed by atoms with Crippen molar-refractivity contribution >= 4 is 24.0 Å². The Morgan fingerprint density at radius 2 is 1.94 bits per heavy atom. The van der Waals surface area contributed by atoms with Crippen molar-refractivity contribution < 1.29 is 4.79 Å². The van der Waals surface area contributed by atoms with E-state index in [4.69, 9.17) is 5.73 Å². The van der Waals surface area contributed by atoms with Crippen LogP contribution in [0.15, 0.2) is 24.3 Å². The SMILES string of the molecule is CCC[C@@H](N)c1ccc(NC(C)=O)cc1.Cl. The monoisotopic (exact) mass is 242 g/mol. The summed E-state index contributed by atoms with van der Waals surface area (Å²) in [4.78, 5) is 10.8. The van der Waals surface area contributed by atoms with E-state index in [0.29, 0.717) is 0 Å². The van der Waals surface area contributed by atoms with Crippen molar-refractivity contribution in [3.8, 4) is 0 Å². The van der Waals surface area contributed by atoms with E-state index in [1.807, 2.05) is 24.3 Å². The zero-order chi connectivity index (χ0) is 11.3. The van der Waals surface area contributed by atoms with Crippen LogP contribution in [0.4, 0.5) is 5.69 Å². The molecule has 3 N–H and O–H groups in total. The quantitative estimate of drug-likeness (QED) is 0.853. The highest BCUT2D eigenvalue weighted by molar-refractivity contribution is 5.88. The fourth-order valence-electron chi connectivity index (χ4n) is 1.49. The Labute approximate surface area is 103 Å². The molecule has 1 aromatic rings. The van der Waals surface area contributed by atoms with Crippen molar-refractivity contribution in [2.75, 3.05) is 5.32 Å². The van der Waals surface area contributed by atoms with Crippen molar-refractivity contribution in [1.82, 2.24) is 0 Å². The Morgan fingerprint density at radius 3 is 2.38 bits per heavy atom. The summed E-state index contributed by atoms with van der Waals surface area (Å²) in [6.45, 7) is 3.61. The highest BCUT2D eigenvalue weighted by atomic mass is 35.5. The van der Waals surface area contributed by atoms with Gasteiger partial charge in [0, 0.05) is 18.7 Å². The molecule has 0 aliphatic heterocycles. The van der Waals surface area contributed by atoms with Gasteiger partial charge < -0.3 is 11.1 Å². The summed E-state index contributed by atoms with van der Waals surface area (Å²) >= 11 is 0. The van der Waals surface area contributed by atoms with Crippen LogP contribution in [-0.2, 0) is 4.79 Å². The van der Waals surface area contributed by atoms with Crippen LogP contribution in [0.3, 0.4) is 0 Å². The van der Waals surface area contributed by atoms with Crippen molar-refractivity contribution in [3.63, 3.8) is 0 Å². The Hall–Kier alpha value is -1.06. The molecule has 16 heavy (non-hydrogen) atoms.